The fraction of sp³-hybridized carbons (Fsp3) is 0.130. The Kier molecular flexibility index (Phi) is 5.67. The highest BCUT2D eigenvalue weighted by molar-refractivity contribution is 6.11. The summed E-state index contributed by atoms with van der Waals surface area (Å²) >= 11 is 0. The van der Waals surface area contributed by atoms with Crippen molar-refractivity contribution in [3.63, 3.8) is 0 Å². The van der Waals surface area contributed by atoms with Crippen molar-refractivity contribution in [3.05, 3.63) is 90.5 Å². The van der Waals surface area contributed by atoms with Crippen molar-refractivity contribution < 1.29 is 9.59 Å². The fourth-order valence-electron chi connectivity index (χ4n) is 2.65. The quantitative estimate of drug-likeness (QED) is 0.676. The average molecular weight is 358 g/mol. The number of carbonyl (C=O) groups excluding carboxylic acids is 2. The van der Waals surface area contributed by atoms with Crippen LogP contribution < -0.4 is 10.2 Å². The van der Waals surface area contributed by atoms with Gasteiger partial charge in [-0.05, 0) is 48.5 Å². The lowest BCUT2D eigenvalue weighted by molar-refractivity contribution is -0.118. The number of benzene rings is 3. The Balaban J connectivity index is 1.90. The minimum absolute atomic E-state index is 0.0516. The van der Waals surface area contributed by atoms with Gasteiger partial charge in [-0.15, -0.1) is 0 Å². The number of nitrogens with one attached hydrogen (secondary N) is 1. The zero-order valence-corrected chi connectivity index (χ0v) is 15.4. The monoisotopic (exact) mass is 358 g/mol. The Bertz CT molecular complexity index is 865. The lowest BCUT2D eigenvalue weighted by atomic mass is 10.1. The lowest BCUT2D eigenvalue weighted by Crippen LogP contribution is -2.26. The van der Waals surface area contributed by atoms with Crippen LogP contribution in [0.3, 0.4) is 0 Å². The molecule has 136 valence electrons. The van der Waals surface area contributed by atoms with E-state index >= 15 is 0 Å². The Morgan fingerprint density at radius 1 is 0.741 bits per heavy atom. The first-order valence-electron chi connectivity index (χ1n) is 8.92. The van der Waals surface area contributed by atoms with Gasteiger partial charge in [0.15, 0.2) is 0 Å². The summed E-state index contributed by atoms with van der Waals surface area (Å²) in [4.78, 5) is 26.7. The average Bonchev–Trinajstić information content (AvgIpc) is 2.70. The molecule has 0 radical (unpaired) electrons. The van der Waals surface area contributed by atoms with Crippen LogP contribution in [0.25, 0.3) is 0 Å². The van der Waals surface area contributed by atoms with Crippen LogP contribution in [0.2, 0.25) is 0 Å². The molecule has 0 aliphatic rings. The van der Waals surface area contributed by atoms with E-state index in [1.54, 1.807) is 29.2 Å². The van der Waals surface area contributed by atoms with Crippen LogP contribution in [0, 0.1) is 5.92 Å². The molecule has 3 aromatic rings. The number of rotatable bonds is 5. The molecule has 4 heteroatoms. The van der Waals surface area contributed by atoms with E-state index in [2.05, 4.69) is 5.32 Å². The SMILES string of the molecule is CC(C)C(=O)Nc1ccc(C(=O)N(c2ccccc2)c2ccccc2)cc1. The molecule has 4 nitrogen and oxygen atoms in total. The van der Waals surface area contributed by atoms with Crippen LogP contribution in [-0.2, 0) is 4.79 Å². The normalized spacial score (nSPS) is 10.5. The predicted octanol–water partition coefficient (Wildman–Crippen LogP) is 5.26. The second-order valence-electron chi connectivity index (χ2n) is 6.53. The number of para-hydroxylation sites is 2. The van der Waals surface area contributed by atoms with E-state index in [9.17, 15) is 9.59 Å². The maximum atomic E-state index is 13.2. The first kappa shape index (κ1) is 18.4. The van der Waals surface area contributed by atoms with E-state index in [1.807, 2.05) is 74.5 Å². The standard InChI is InChI=1S/C23H22N2O2/c1-17(2)22(26)24-19-15-13-18(14-16-19)23(27)25(20-9-5-3-6-10-20)21-11-7-4-8-12-21/h3-17H,1-2H3,(H,24,26). The van der Waals surface area contributed by atoms with E-state index in [-0.39, 0.29) is 17.7 Å². The molecule has 0 unspecified atom stereocenters. The molecule has 0 aliphatic carbocycles. The first-order valence-corrected chi connectivity index (χ1v) is 8.92. The Morgan fingerprint density at radius 2 is 1.22 bits per heavy atom. The molecule has 0 bridgehead atoms. The largest absolute Gasteiger partial charge is 0.326 e. The van der Waals surface area contributed by atoms with E-state index < -0.39 is 0 Å². The van der Waals surface area contributed by atoms with E-state index in [0.717, 1.165) is 11.4 Å². The first-order chi connectivity index (χ1) is 13.1. The second kappa shape index (κ2) is 8.32. The van der Waals surface area contributed by atoms with Gasteiger partial charge in [0.1, 0.15) is 0 Å². The van der Waals surface area contributed by atoms with Crippen LogP contribution in [0.4, 0.5) is 17.1 Å². The zero-order chi connectivity index (χ0) is 19.2. The summed E-state index contributed by atoms with van der Waals surface area (Å²) in [6.07, 6.45) is 0. The smallest absolute Gasteiger partial charge is 0.262 e. The molecule has 1 N–H and O–H groups in total. The van der Waals surface area contributed by atoms with Crippen molar-refractivity contribution in [1.82, 2.24) is 0 Å². The van der Waals surface area contributed by atoms with Gasteiger partial charge >= 0.3 is 0 Å². The zero-order valence-electron chi connectivity index (χ0n) is 15.4. The third-order valence-electron chi connectivity index (χ3n) is 4.16. The van der Waals surface area contributed by atoms with Gasteiger partial charge in [0.25, 0.3) is 5.91 Å². The van der Waals surface area contributed by atoms with Gasteiger partial charge < -0.3 is 5.32 Å². The molecule has 0 aliphatic heterocycles. The van der Waals surface area contributed by atoms with Crippen molar-refractivity contribution in [2.24, 2.45) is 5.92 Å². The van der Waals surface area contributed by atoms with Crippen LogP contribution in [0.1, 0.15) is 24.2 Å². The molecule has 0 saturated heterocycles. The number of amides is 2. The molecule has 3 aromatic carbocycles. The highest BCUT2D eigenvalue weighted by atomic mass is 16.2. The summed E-state index contributed by atoms with van der Waals surface area (Å²) in [5, 5.41) is 2.84. The molecular formula is C23H22N2O2. The number of anilines is 3. The van der Waals surface area contributed by atoms with Crippen molar-refractivity contribution in [2.75, 3.05) is 10.2 Å². The maximum absolute atomic E-state index is 13.2. The summed E-state index contributed by atoms with van der Waals surface area (Å²) in [5.74, 6) is -0.281. The Morgan fingerprint density at radius 3 is 1.67 bits per heavy atom. The second-order valence-corrected chi connectivity index (χ2v) is 6.53. The third-order valence-corrected chi connectivity index (χ3v) is 4.16. The van der Waals surface area contributed by atoms with Crippen molar-refractivity contribution in [1.29, 1.82) is 0 Å². The third kappa shape index (κ3) is 4.42. The van der Waals surface area contributed by atoms with Gasteiger partial charge in [-0.1, -0.05) is 50.2 Å². The maximum Gasteiger partial charge on any atom is 0.262 e. The van der Waals surface area contributed by atoms with Crippen molar-refractivity contribution in [3.8, 4) is 0 Å². The van der Waals surface area contributed by atoms with E-state index in [1.165, 1.54) is 0 Å². The van der Waals surface area contributed by atoms with Crippen LogP contribution in [0.15, 0.2) is 84.9 Å². The van der Waals surface area contributed by atoms with Gasteiger partial charge in [-0.3, -0.25) is 14.5 Å². The fourth-order valence-corrected chi connectivity index (χ4v) is 2.65. The lowest BCUT2D eigenvalue weighted by Gasteiger charge is -2.23. The van der Waals surface area contributed by atoms with Crippen molar-refractivity contribution >= 4 is 28.9 Å². The number of carbonyl (C=O) groups is 2. The molecule has 0 atom stereocenters. The van der Waals surface area contributed by atoms with Crippen LogP contribution in [-0.4, -0.2) is 11.8 Å². The minimum atomic E-state index is -0.130. The van der Waals surface area contributed by atoms with Gasteiger partial charge in [0, 0.05) is 28.5 Å². The van der Waals surface area contributed by atoms with Gasteiger partial charge in [-0.2, -0.15) is 0 Å². The number of hydrogen-bond donors (Lipinski definition) is 1. The van der Waals surface area contributed by atoms with Crippen LogP contribution in [0.5, 0.6) is 0 Å². The molecule has 3 rings (SSSR count). The Labute approximate surface area is 159 Å². The highest BCUT2D eigenvalue weighted by Gasteiger charge is 2.19. The Hall–Kier alpha value is -3.40. The summed E-state index contributed by atoms with van der Waals surface area (Å²) in [7, 11) is 0. The molecule has 0 fully saturated rings. The van der Waals surface area contributed by atoms with E-state index in [4.69, 9.17) is 0 Å². The van der Waals surface area contributed by atoms with Gasteiger partial charge in [-0.25, -0.2) is 0 Å². The molecule has 0 heterocycles. The van der Waals surface area contributed by atoms with Crippen molar-refractivity contribution in [2.45, 2.75) is 13.8 Å². The summed E-state index contributed by atoms with van der Waals surface area (Å²) in [5.41, 5.74) is 2.82. The topological polar surface area (TPSA) is 49.4 Å². The molecule has 0 saturated carbocycles. The molecular weight excluding hydrogens is 336 g/mol. The summed E-state index contributed by atoms with van der Waals surface area (Å²) in [6.45, 7) is 3.68. The van der Waals surface area contributed by atoms with Crippen LogP contribution >= 0.6 is 0 Å². The predicted molar refractivity (Wildman–Crippen MR) is 109 cm³/mol. The molecule has 27 heavy (non-hydrogen) atoms. The molecule has 0 spiro atoms. The van der Waals surface area contributed by atoms with E-state index in [0.29, 0.717) is 11.3 Å². The number of hydrogen-bond acceptors (Lipinski definition) is 2. The summed E-state index contributed by atoms with van der Waals surface area (Å²) < 4.78 is 0. The molecule has 0 aromatic heterocycles. The van der Waals surface area contributed by atoms with Gasteiger partial charge in [0.05, 0.1) is 0 Å². The molecule has 2 amide bonds. The highest BCUT2D eigenvalue weighted by Crippen LogP contribution is 2.27. The van der Waals surface area contributed by atoms with Gasteiger partial charge in [0.2, 0.25) is 5.91 Å². The number of nitrogens with zero attached hydrogens (tertiary/aromatic N) is 1. The minimum Gasteiger partial charge on any atom is -0.326 e. The summed E-state index contributed by atoms with van der Waals surface area (Å²) in [6, 6.07) is 26.1.